The highest BCUT2D eigenvalue weighted by atomic mass is 16.5. The number of ether oxygens (including phenoxy) is 1. The Morgan fingerprint density at radius 1 is 1.35 bits per heavy atom. The van der Waals surface area contributed by atoms with Gasteiger partial charge < -0.3 is 15.4 Å². The second-order valence-electron chi connectivity index (χ2n) is 5.62. The minimum Gasteiger partial charge on any atom is -0.463 e. The minimum atomic E-state index is 0.330. The molecule has 0 saturated carbocycles. The molecule has 7 nitrogen and oxygen atoms in total. The summed E-state index contributed by atoms with van der Waals surface area (Å²) in [6.07, 6.45) is 3.40. The molecule has 120 valence electrons. The summed E-state index contributed by atoms with van der Waals surface area (Å²) >= 11 is 0. The van der Waals surface area contributed by atoms with Gasteiger partial charge in [-0.1, -0.05) is 0 Å². The summed E-state index contributed by atoms with van der Waals surface area (Å²) in [4.78, 5) is 9.56. The lowest BCUT2D eigenvalue weighted by molar-refractivity contribution is -0.375. The standard InChI is InChI=1S/C16H20N6O/c1-2-23-12-8-10-11(9-17)16(22-6-4-3-5-7-22)21-15(19)13(10)14(18)20-12/h8H,2-7H2,1H3,(H2,18,20)(H2,19,21)/p+1. The fourth-order valence-electron chi connectivity index (χ4n) is 3.08. The van der Waals surface area contributed by atoms with Gasteiger partial charge in [0.25, 0.3) is 11.7 Å². The number of fused-ring (bicyclic) bond motifs is 1. The number of aromatic nitrogens is 2. The molecule has 5 N–H and O–H groups in total. The first kappa shape index (κ1) is 15.2. The fourth-order valence-corrected chi connectivity index (χ4v) is 3.08. The van der Waals surface area contributed by atoms with Gasteiger partial charge in [0, 0.05) is 24.5 Å². The van der Waals surface area contributed by atoms with Crippen LogP contribution in [0.2, 0.25) is 0 Å². The Morgan fingerprint density at radius 2 is 2.09 bits per heavy atom. The number of nitrogens with zero attached hydrogens (tertiary/aromatic N) is 3. The maximum atomic E-state index is 9.70. The molecule has 1 saturated heterocycles. The minimum absolute atomic E-state index is 0.330. The number of hydrogen-bond acceptors (Lipinski definition) is 6. The molecule has 2 aromatic heterocycles. The Morgan fingerprint density at radius 3 is 2.74 bits per heavy atom. The highest BCUT2D eigenvalue weighted by Gasteiger charge is 2.23. The van der Waals surface area contributed by atoms with Crippen LogP contribution in [0.5, 0.6) is 5.88 Å². The lowest BCUT2D eigenvalue weighted by atomic mass is 10.1. The van der Waals surface area contributed by atoms with E-state index in [1.54, 1.807) is 6.07 Å². The molecule has 0 unspecified atom stereocenters. The Kier molecular flexibility index (Phi) is 4.06. The maximum Gasteiger partial charge on any atom is 0.284 e. The predicted molar refractivity (Wildman–Crippen MR) is 89.1 cm³/mol. The van der Waals surface area contributed by atoms with Crippen molar-refractivity contribution in [3.8, 4) is 11.9 Å². The molecule has 3 heterocycles. The quantitative estimate of drug-likeness (QED) is 0.886. The van der Waals surface area contributed by atoms with Crippen molar-refractivity contribution in [2.45, 2.75) is 26.2 Å². The second-order valence-corrected chi connectivity index (χ2v) is 5.62. The van der Waals surface area contributed by atoms with E-state index < -0.39 is 0 Å². The summed E-state index contributed by atoms with van der Waals surface area (Å²) < 4.78 is 5.50. The SMILES string of the molecule is CCOc1cc2c(C#N)c(N3CCCCC3)nc(N)c2c(N)[nH+]1. The number of hydrogen-bond donors (Lipinski definition) is 2. The lowest BCUT2D eigenvalue weighted by Crippen LogP contribution is -2.31. The zero-order valence-corrected chi connectivity index (χ0v) is 13.2. The normalized spacial score (nSPS) is 14.7. The van der Waals surface area contributed by atoms with E-state index in [1.165, 1.54) is 6.42 Å². The van der Waals surface area contributed by atoms with Crippen molar-refractivity contribution in [3.05, 3.63) is 11.6 Å². The van der Waals surface area contributed by atoms with Crippen LogP contribution in [0.3, 0.4) is 0 Å². The topological polar surface area (TPSA) is 115 Å². The first-order valence-electron chi connectivity index (χ1n) is 7.88. The van der Waals surface area contributed by atoms with Crippen molar-refractivity contribution in [3.63, 3.8) is 0 Å². The molecule has 0 bridgehead atoms. The molecule has 0 atom stereocenters. The molecule has 1 aliphatic rings. The van der Waals surface area contributed by atoms with Crippen LogP contribution in [0.15, 0.2) is 6.07 Å². The first-order valence-corrected chi connectivity index (χ1v) is 7.88. The molecule has 0 amide bonds. The monoisotopic (exact) mass is 313 g/mol. The van der Waals surface area contributed by atoms with Gasteiger partial charge in [-0.15, -0.1) is 0 Å². The number of nitrogens with one attached hydrogen (secondary N) is 1. The third-order valence-electron chi connectivity index (χ3n) is 4.11. The van der Waals surface area contributed by atoms with Gasteiger partial charge >= 0.3 is 0 Å². The summed E-state index contributed by atoms with van der Waals surface area (Å²) in [5.41, 5.74) is 12.7. The van der Waals surface area contributed by atoms with Crippen LogP contribution in [0.4, 0.5) is 17.5 Å². The molecule has 3 rings (SSSR count). The van der Waals surface area contributed by atoms with E-state index in [9.17, 15) is 5.26 Å². The van der Waals surface area contributed by atoms with Crippen LogP contribution in [-0.2, 0) is 0 Å². The molecular weight excluding hydrogens is 292 g/mol. The van der Waals surface area contributed by atoms with Crippen LogP contribution in [0, 0.1) is 11.3 Å². The van der Waals surface area contributed by atoms with Crippen molar-refractivity contribution >= 4 is 28.2 Å². The third kappa shape index (κ3) is 2.68. The van der Waals surface area contributed by atoms with Gasteiger partial charge in [-0.25, -0.2) is 9.97 Å². The Hall–Kier alpha value is -2.75. The molecule has 1 fully saturated rings. The number of nitrogens with two attached hydrogens (primary N) is 2. The Labute approximate surface area is 134 Å². The summed E-state index contributed by atoms with van der Waals surface area (Å²) in [7, 11) is 0. The number of H-pyrrole nitrogens is 1. The van der Waals surface area contributed by atoms with Crippen molar-refractivity contribution in [1.29, 1.82) is 5.26 Å². The summed E-state index contributed by atoms with van der Waals surface area (Å²) in [6, 6.07) is 4.05. The molecule has 0 radical (unpaired) electrons. The largest absolute Gasteiger partial charge is 0.463 e. The van der Waals surface area contributed by atoms with Gasteiger partial charge in [0.2, 0.25) is 0 Å². The molecule has 0 aromatic carbocycles. The van der Waals surface area contributed by atoms with E-state index in [4.69, 9.17) is 16.2 Å². The van der Waals surface area contributed by atoms with Crippen LogP contribution in [0.1, 0.15) is 31.7 Å². The first-order chi connectivity index (χ1) is 11.2. The number of pyridine rings is 2. The number of nitriles is 1. The van der Waals surface area contributed by atoms with Crippen LogP contribution in [-0.4, -0.2) is 24.7 Å². The molecule has 2 aromatic rings. The van der Waals surface area contributed by atoms with E-state index in [0.717, 1.165) is 25.9 Å². The van der Waals surface area contributed by atoms with Gasteiger partial charge in [0.05, 0.1) is 6.61 Å². The van der Waals surface area contributed by atoms with Crippen molar-refractivity contribution < 1.29 is 9.72 Å². The molecule has 1 aliphatic heterocycles. The molecular formula is C16H21N6O+. The summed E-state index contributed by atoms with van der Waals surface area (Å²) in [5, 5.41) is 11.0. The predicted octanol–water partition coefficient (Wildman–Crippen LogP) is 1.47. The number of anilines is 3. The van der Waals surface area contributed by atoms with E-state index in [2.05, 4.69) is 20.9 Å². The van der Waals surface area contributed by atoms with Gasteiger partial charge in [0.15, 0.2) is 0 Å². The average Bonchev–Trinajstić information content (AvgIpc) is 2.55. The Balaban J connectivity index is 2.24. The zero-order chi connectivity index (χ0) is 16.4. The van der Waals surface area contributed by atoms with Crippen LogP contribution < -0.4 is 26.1 Å². The van der Waals surface area contributed by atoms with E-state index in [0.29, 0.717) is 46.3 Å². The van der Waals surface area contributed by atoms with Crippen LogP contribution >= 0.6 is 0 Å². The average molecular weight is 313 g/mol. The van der Waals surface area contributed by atoms with Crippen molar-refractivity contribution in [2.75, 3.05) is 36.1 Å². The maximum absolute atomic E-state index is 9.70. The van der Waals surface area contributed by atoms with Gasteiger partial charge in [-0.05, 0) is 26.2 Å². The van der Waals surface area contributed by atoms with Gasteiger partial charge in [-0.3, -0.25) is 5.73 Å². The van der Waals surface area contributed by atoms with Crippen LogP contribution in [0.25, 0.3) is 10.8 Å². The summed E-state index contributed by atoms with van der Waals surface area (Å²) in [6.45, 7) is 4.17. The number of piperidine rings is 1. The number of aromatic amines is 1. The molecule has 0 aliphatic carbocycles. The highest BCUT2D eigenvalue weighted by Crippen LogP contribution is 2.34. The van der Waals surface area contributed by atoms with E-state index in [-0.39, 0.29) is 0 Å². The van der Waals surface area contributed by atoms with E-state index >= 15 is 0 Å². The van der Waals surface area contributed by atoms with E-state index in [1.807, 2.05) is 6.92 Å². The third-order valence-corrected chi connectivity index (χ3v) is 4.11. The molecule has 7 heteroatoms. The zero-order valence-electron chi connectivity index (χ0n) is 13.2. The lowest BCUT2D eigenvalue weighted by Gasteiger charge is -2.29. The number of rotatable bonds is 3. The second kappa shape index (κ2) is 6.16. The molecule has 23 heavy (non-hydrogen) atoms. The van der Waals surface area contributed by atoms with Gasteiger partial charge in [0.1, 0.15) is 28.7 Å². The number of nitrogen functional groups attached to an aromatic ring is 2. The van der Waals surface area contributed by atoms with Crippen molar-refractivity contribution in [1.82, 2.24) is 4.98 Å². The Bertz CT molecular complexity index is 776. The van der Waals surface area contributed by atoms with Gasteiger partial charge in [-0.2, -0.15) is 5.26 Å². The molecule has 0 spiro atoms. The summed E-state index contributed by atoms with van der Waals surface area (Å²) in [5.74, 6) is 1.85. The smallest absolute Gasteiger partial charge is 0.284 e. The fraction of sp³-hybridized carbons (Fsp3) is 0.438. The highest BCUT2D eigenvalue weighted by molar-refractivity contribution is 6.03. The van der Waals surface area contributed by atoms with Crippen molar-refractivity contribution in [2.24, 2.45) is 0 Å².